The number of amides is 3. The molecule has 0 bridgehead atoms. The number of piperazine rings is 1. The van der Waals surface area contributed by atoms with Gasteiger partial charge in [0.25, 0.3) is 0 Å². The number of nitrogens with zero attached hydrogens (tertiary/aromatic N) is 3. The van der Waals surface area contributed by atoms with Gasteiger partial charge >= 0.3 is 6.03 Å². The van der Waals surface area contributed by atoms with Crippen LogP contribution in [0.3, 0.4) is 0 Å². The summed E-state index contributed by atoms with van der Waals surface area (Å²) in [7, 11) is 1.93. The van der Waals surface area contributed by atoms with E-state index in [2.05, 4.69) is 12.2 Å². The monoisotopic (exact) mass is 410 g/mol. The molecule has 0 aromatic heterocycles. The number of para-hydroxylation sites is 1. The summed E-state index contributed by atoms with van der Waals surface area (Å²) in [5.74, 6) is -0.427. The molecule has 0 saturated carbocycles. The van der Waals surface area contributed by atoms with E-state index >= 15 is 0 Å². The van der Waals surface area contributed by atoms with Gasteiger partial charge in [0.1, 0.15) is 5.82 Å². The van der Waals surface area contributed by atoms with Crippen LogP contribution < -0.4 is 10.2 Å². The molecule has 158 valence electrons. The van der Waals surface area contributed by atoms with Crippen LogP contribution in [0.25, 0.3) is 0 Å². The molecule has 1 N–H and O–H groups in total. The van der Waals surface area contributed by atoms with E-state index in [0.29, 0.717) is 25.3 Å². The number of halogens is 1. The molecule has 0 radical (unpaired) electrons. The highest BCUT2D eigenvalue weighted by Gasteiger charge is 2.48. The van der Waals surface area contributed by atoms with Crippen LogP contribution in [0.5, 0.6) is 0 Å². The van der Waals surface area contributed by atoms with Gasteiger partial charge in [0.05, 0.1) is 12.1 Å². The molecule has 6 nitrogen and oxygen atoms in total. The Bertz CT molecular complexity index is 966. The summed E-state index contributed by atoms with van der Waals surface area (Å²) in [6.07, 6.45) is 1.60. The smallest absolute Gasteiger partial charge is 0.321 e. The zero-order valence-corrected chi connectivity index (χ0v) is 17.4. The summed E-state index contributed by atoms with van der Waals surface area (Å²) in [5, 5.41) is 3.04. The van der Waals surface area contributed by atoms with Crippen molar-refractivity contribution in [2.45, 2.75) is 25.3 Å². The van der Waals surface area contributed by atoms with Crippen LogP contribution in [0.4, 0.5) is 20.6 Å². The number of anilines is 2. The van der Waals surface area contributed by atoms with Crippen LogP contribution in [0.15, 0.2) is 48.5 Å². The fourth-order valence-corrected chi connectivity index (χ4v) is 4.45. The van der Waals surface area contributed by atoms with Crippen LogP contribution >= 0.6 is 0 Å². The number of hydrogen-bond donors (Lipinski definition) is 1. The van der Waals surface area contributed by atoms with Crippen LogP contribution in [-0.2, 0) is 11.2 Å². The van der Waals surface area contributed by atoms with Gasteiger partial charge in [0.2, 0.25) is 5.91 Å². The third-order valence-electron chi connectivity index (χ3n) is 6.31. The van der Waals surface area contributed by atoms with Crippen molar-refractivity contribution < 1.29 is 14.0 Å². The normalized spacial score (nSPS) is 22.0. The lowest BCUT2D eigenvalue weighted by molar-refractivity contribution is -0.123. The van der Waals surface area contributed by atoms with Gasteiger partial charge in [-0.3, -0.25) is 9.69 Å². The lowest BCUT2D eigenvalue weighted by Crippen LogP contribution is -2.64. The molecule has 3 amide bonds. The van der Waals surface area contributed by atoms with Crippen molar-refractivity contribution in [1.29, 1.82) is 0 Å². The second-order valence-corrected chi connectivity index (χ2v) is 8.15. The zero-order chi connectivity index (χ0) is 21.3. The molecular weight excluding hydrogens is 383 g/mol. The van der Waals surface area contributed by atoms with Gasteiger partial charge in [-0.05, 0) is 49.7 Å². The van der Waals surface area contributed by atoms with E-state index in [4.69, 9.17) is 0 Å². The van der Waals surface area contributed by atoms with Crippen molar-refractivity contribution in [2.75, 3.05) is 43.4 Å². The second-order valence-electron chi connectivity index (χ2n) is 8.15. The summed E-state index contributed by atoms with van der Waals surface area (Å²) >= 11 is 0. The Morgan fingerprint density at radius 2 is 1.97 bits per heavy atom. The topological polar surface area (TPSA) is 55.9 Å². The number of likely N-dealkylation sites (tertiary alicyclic amines) is 1. The van der Waals surface area contributed by atoms with Crippen molar-refractivity contribution in [3.8, 4) is 0 Å². The van der Waals surface area contributed by atoms with Crippen LogP contribution in [0, 0.1) is 5.82 Å². The predicted octanol–water partition coefficient (Wildman–Crippen LogP) is 3.34. The fourth-order valence-electron chi connectivity index (χ4n) is 4.45. The Kier molecular flexibility index (Phi) is 5.47. The van der Waals surface area contributed by atoms with Crippen LogP contribution in [0.2, 0.25) is 0 Å². The van der Waals surface area contributed by atoms with Crippen molar-refractivity contribution >= 4 is 23.3 Å². The molecular formula is C23H27FN4O2. The molecule has 2 fully saturated rings. The number of nitrogens with one attached hydrogen (secondary N) is 1. The maximum absolute atomic E-state index is 13.7. The average molecular weight is 410 g/mol. The Labute approximate surface area is 176 Å². The second kappa shape index (κ2) is 8.07. The molecule has 1 atom stereocenters. The molecule has 7 heteroatoms. The van der Waals surface area contributed by atoms with Gasteiger partial charge in [0.15, 0.2) is 0 Å². The summed E-state index contributed by atoms with van der Waals surface area (Å²) in [6.45, 7) is 3.86. The first-order valence-corrected chi connectivity index (χ1v) is 10.3. The number of carbonyl (C=O) groups is 2. The molecule has 2 aromatic carbocycles. The maximum atomic E-state index is 13.7. The summed E-state index contributed by atoms with van der Waals surface area (Å²) in [4.78, 5) is 31.1. The van der Waals surface area contributed by atoms with Gasteiger partial charge in [-0.1, -0.05) is 31.2 Å². The van der Waals surface area contributed by atoms with Crippen LogP contribution in [0.1, 0.15) is 18.9 Å². The van der Waals surface area contributed by atoms with E-state index < -0.39 is 0 Å². The Morgan fingerprint density at radius 1 is 1.17 bits per heavy atom. The average Bonchev–Trinajstić information content (AvgIpc) is 3.17. The molecule has 2 aliphatic heterocycles. The fraction of sp³-hybridized carbons (Fsp3) is 0.391. The van der Waals surface area contributed by atoms with Gasteiger partial charge in [-0.25, -0.2) is 9.18 Å². The Balaban J connectivity index is 1.50. The molecule has 1 spiro atoms. The molecule has 30 heavy (non-hydrogen) atoms. The number of carbonyl (C=O) groups excluding carboxylic acids is 2. The quantitative estimate of drug-likeness (QED) is 0.844. The largest absolute Gasteiger partial charge is 0.323 e. The predicted molar refractivity (Wildman–Crippen MR) is 115 cm³/mol. The highest BCUT2D eigenvalue weighted by molar-refractivity contribution is 5.96. The molecule has 2 saturated heterocycles. The van der Waals surface area contributed by atoms with Gasteiger partial charge < -0.3 is 15.1 Å². The number of aryl methyl sites for hydroxylation is 1. The number of hydrogen-bond acceptors (Lipinski definition) is 3. The number of likely N-dealkylation sites (N-methyl/N-ethyl adjacent to an activating group) is 1. The van der Waals surface area contributed by atoms with Gasteiger partial charge in [-0.15, -0.1) is 0 Å². The van der Waals surface area contributed by atoms with Crippen molar-refractivity contribution in [2.24, 2.45) is 0 Å². The third-order valence-corrected chi connectivity index (χ3v) is 6.31. The minimum atomic E-state index is -0.365. The molecule has 0 unspecified atom stereocenters. The molecule has 4 rings (SSSR count). The lowest BCUT2D eigenvalue weighted by atomic mass is 9.92. The summed E-state index contributed by atoms with van der Waals surface area (Å²) in [5.41, 5.74) is 2.14. The standard InChI is InChI=1S/C23H27FN4O2/c1-3-17-7-4-5-10-20(17)25-22(30)27-12-11-23(15-27)16-28(21(29)14-26(23)2)19-9-6-8-18(24)13-19/h4-10,13H,3,11-12,14-16H2,1-2H3,(H,25,30)/t23-/m1/s1. The number of urea groups is 1. The highest BCUT2D eigenvalue weighted by Crippen LogP contribution is 2.34. The lowest BCUT2D eigenvalue weighted by Gasteiger charge is -2.46. The minimum Gasteiger partial charge on any atom is -0.323 e. The molecule has 2 heterocycles. The Hall–Kier alpha value is -2.93. The minimum absolute atomic E-state index is 0.0616. The van der Waals surface area contributed by atoms with E-state index in [-0.39, 0.29) is 29.8 Å². The molecule has 2 aliphatic rings. The van der Waals surface area contributed by atoms with Gasteiger partial charge in [-0.2, -0.15) is 0 Å². The van der Waals surface area contributed by atoms with E-state index in [1.165, 1.54) is 12.1 Å². The van der Waals surface area contributed by atoms with Gasteiger partial charge in [0, 0.05) is 31.0 Å². The number of benzene rings is 2. The van der Waals surface area contributed by atoms with Crippen LogP contribution in [-0.4, -0.2) is 60.5 Å². The first-order valence-electron chi connectivity index (χ1n) is 10.3. The van der Waals surface area contributed by atoms with E-state index in [9.17, 15) is 14.0 Å². The SMILES string of the molecule is CCc1ccccc1NC(=O)N1CC[C@@]2(C1)CN(c1cccc(F)c1)C(=O)CN2C. The van der Waals surface area contributed by atoms with E-state index in [1.807, 2.05) is 41.1 Å². The van der Waals surface area contributed by atoms with E-state index in [0.717, 1.165) is 24.1 Å². The molecule has 2 aromatic rings. The maximum Gasteiger partial charge on any atom is 0.321 e. The third kappa shape index (κ3) is 3.77. The summed E-state index contributed by atoms with van der Waals surface area (Å²) in [6, 6.07) is 13.8. The zero-order valence-electron chi connectivity index (χ0n) is 17.4. The highest BCUT2D eigenvalue weighted by atomic mass is 19.1. The first-order chi connectivity index (χ1) is 14.4. The Morgan fingerprint density at radius 3 is 2.73 bits per heavy atom. The van der Waals surface area contributed by atoms with Crippen molar-refractivity contribution in [3.05, 3.63) is 59.9 Å². The summed E-state index contributed by atoms with van der Waals surface area (Å²) < 4.78 is 13.7. The first kappa shape index (κ1) is 20.3. The van der Waals surface area contributed by atoms with Crippen molar-refractivity contribution in [1.82, 2.24) is 9.80 Å². The molecule has 0 aliphatic carbocycles. The van der Waals surface area contributed by atoms with Crippen molar-refractivity contribution in [3.63, 3.8) is 0 Å². The van der Waals surface area contributed by atoms with E-state index in [1.54, 1.807) is 17.0 Å². The number of rotatable bonds is 3.